The lowest BCUT2D eigenvalue weighted by Crippen LogP contribution is -2.16. The molecular weight excluding hydrogens is 248 g/mol. The third-order valence-electron chi connectivity index (χ3n) is 2.78. The van der Waals surface area contributed by atoms with Crippen LogP contribution in [-0.2, 0) is 0 Å². The van der Waals surface area contributed by atoms with E-state index in [4.69, 9.17) is 10.3 Å². The van der Waals surface area contributed by atoms with E-state index in [-0.39, 0.29) is 17.6 Å². The van der Waals surface area contributed by atoms with E-state index < -0.39 is 4.92 Å². The predicted octanol–water partition coefficient (Wildman–Crippen LogP) is 2.30. The smallest absolute Gasteiger partial charge is 0.269 e. The van der Waals surface area contributed by atoms with E-state index in [1.807, 2.05) is 13.8 Å². The first-order chi connectivity index (χ1) is 8.99. The summed E-state index contributed by atoms with van der Waals surface area (Å²) in [5.74, 6) is 0.925. The van der Waals surface area contributed by atoms with E-state index in [0.29, 0.717) is 17.3 Å². The van der Waals surface area contributed by atoms with Crippen LogP contribution in [0.3, 0.4) is 0 Å². The fourth-order valence-corrected chi connectivity index (χ4v) is 1.51. The molecule has 0 spiro atoms. The molecule has 0 bridgehead atoms. The van der Waals surface area contributed by atoms with Crippen LogP contribution in [0.15, 0.2) is 28.8 Å². The highest BCUT2D eigenvalue weighted by molar-refractivity contribution is 5.56. The Balaban J connectivity index is 2.25. The second kappa shape index (κ2) is 5.15. The molecule has 1 heterocycles. The molecule has 0 unspecified atom stereocenters. The molecule has 1 aromatic heterocycles. The van der Waals surface area contributed by atoms with E-state index in [0.717, 1.165) is 0 Å². The molecule has 2 rings (SSSR count). The zero-order valence-electron chi connectivity index (χ0n) is 10.6. The van der Waals surface area contributed by atoms with E-state index in [1.165, 1.54) is 12.1 Å². The lowest BCUT2D eigenvalue weighted by atomic mass is 10.1. The number of nitrogens with two attached hydrogens (primary N) is 1. The Morgan fingerprint density at radius 2 is 1.95 bits per heavy atom. The summed E-state index contributed by atoms with van der Waals surface area (Å²) in [6.45, 7) is 3.92. The SMILES string of the molecule is CC(C)[C@@H](N)c1nc(-c2ccc([N+](=O)[O-])cc2)no1. The molecule has 2 N–H and O–H groups in total. The molecule has 7 heteroatoms. The van der Waals surface area contributed by atoms with Crippen LogP contribution in [0.4, 0.5) is 5.69 Å². The molecule has 0 aliphatic heterocycles. The summed E-state index contributed by atoms with van der Waals surface area (Å²) in [6.07, 6.45) is 0. The van der Waals surface area contributed by atoms with Gasteiger partial charge in [-0.25, -0.2) is 0 Å². The Morgan fingerprint density at radius 1 is 1.32 bits per heavy atom. The molecule has 0 aliphatic rings. The number of nitrogens with zero attached hydrogens (tertiary/aromatic N) is 3. The molecule has 0 fully saturated rings. The summed E-state index contributed by atoms with van der Waals surface area (Å²) < 4.78 is 5.10. The Morgan fingerprint density at radius 3 is 2.47 bits per heavy atom. The Kier molecular flexibility index (Phi) is 3.57. The van der Waals surface area contributed by atoms with Gasteiger partial charge in [-0.2, -0.15) is 4.98 Å². The molecule has 1 atom stereocenters. The van der Waals surface area contributed by atoms with Gasteiger partial charge in [0.2, 0.25) is 11.7 Å². The minimum Gasteiger partial charge on any atom is -0.337 e. The maximum absolute atomic E-state index is 10.6. The van der Waals surface area contributed by atoms with Crippen molar-refractivity contribution >= 4 is 5.69 Å². The summed E-state index contributed by atoms with van der Waals surface area (Å²) in [4.78, 5) is 14.3. The molecule has 19 heavy (non-hydrogen) atoms. The number of benzene rings is 1. The molecule has 0 saturated heterocycles. The fraction of sp³-hybridized carbons (Fsp3) is 0.333. The van der Waals surface area contributed by atoms with Gasteiger partial charge in [-0.15, -0.1) is 0 Å². The van der Waals surface area contributed by atoms with Crippen LogP contribution in [0.1, 0.15) is 25.8 Å². The molecule has 100 valence electrons. The minimum absolute atomic E-state index is 0.0198. The number of hydrogen-bond acceptors (Lipinski definition) is 6. The van der Waals surface area contributed by atoms with Crippen molar-refractivity contribution in [3.63, 3.8) is 0 Å². The van der Waals surface area contributed by atoms with Crippen molar-refractivity contribution in [3.8, 4) is 11.4 Å². The number of nitro benzene ring substituents is 1. The lowest BCUT2D eigenvalue weighted by Gasteiger charge is -2.09. The standard InChI is InChI=1S/C12H14N4O3/c1-7(2)10(13)12-14-11(15-19-12)8-3-5-9(6-4-8)16(17)18/h3-7,10H,13H2,1-2H3/t10-/m1/s1. The lowest BCUT2D eigenvalue weighted by molar-refractivity contribution is -0.384. The normalized spacial score (nSPS) is 12.6. The number of hydrogen-bond donors (Lipinski definition) is 1. The van der Waals surface area contributed by atoms with E-state index in [9.17, 15) is 10.1 Å². The van der Waals surface area contributed by atoms with Gasteiger partial charge in [0.1, 0.15) is 0 Å². The predicted molar refractivity (Wildman–Crippen MR) is 68.2 cm³/mol. The van der Waals surface area contributed by atoms with Crippen LogP contribution in [-0.4, -0.2) is 15.1 Å². The maximum atomic E-state index is 10.6. The topological polar surface area (TPSA) is 108 Å². The van der Waals surface area contributed by atoms with Crippen molar-refractivity contribution < 1.29 is 9.45 Å². The number of non-ortho nitro benzene ring substituents is 1. The van der Waals surface area contributed by atoms with Crippen LogP contribution in [0, 0.1) is 16.0 Å². The molecule has 0 aliphatic carbocycles. The first-order valence-corrected chi connectivity index (χ1v) is 5.83. The van der Waals surface area contributed by atoms with E-state index >= 15 is 0 Å². The van der Waals surface area contributed by atoms with Gasteiger partial charge in [-0.1, -0.05) is 19.0 Å². The largest absolute Gasteiger partial charge is 0.337 e. The molecule has 0 saturated carbocycles. The van der Waals surface area contributed by atoms with Crippen molar-refractivity contribution in [1.82, 2.24) is 10.1 Å². The highest BCUT2D eigenvalue weighted by atomic mass is 16.6. The average Bonchev–Trinajstić information content (AvgIpc) is 2.87. The maximum Gasteiger partial charge on any atom is 0.269 e. The minimum atomic E-state index is -0.458. The molecular formula is C12H14N4O3. The van der Waals surface area contributed by atoms with Crippen molar-refractivity contribution in [2.45, 2.75) is 19.9 Å². The van der Waals surface area contributed by atoms with E-state index in [2.05, 4.69) is 10.1 Å². The Labute approximate surface area is 109 Å². The van der Waals surface area contributed by atoms with Crippen LogP contribution in [0.25, 0.3) is 11.4 Å². The van der Waals surface area contributed by atoms with Gasteiger partial charge < -0.3 is 10.3 Å². The summed E-state index contributed by atoms with van der Waals surface area (Å²) in [7, 11) is 0. The average molecular weight is 262 g/mol. The van der Waals surface area contributed by atoms with E-state index in [1.54, 1.807) is 12.1 Å². The third kappa shape index (κ3) is 2.76. The van der Waals surface area contributed by atoms with Crippen molar-refractivity contribution in [2.24, 2.45) is 11.7 Å². The van der Waals surface area contributed by atoms with Gasteiger partial charge in [-0.3, -0.25) is 10.1 Å². The molecule has 2 aromatic rings. The summed E-state index contributed by atoms with van der Waals surface area (Å²) >= 11 is 0. The van der Waals surface area contributed by atoms with Crippen molar-refractivity contribution in [2.75, 3.05) is 0 Å². The van der Waals surface area contributed by atoms with Crippen LogP contribution < -0.4 is 5.73 Å². The van der Waals surface area contributed by atoms with Gasteiger partial charge in [0.25, 0.3) is 5.69 Å². The Bertz CT molecular complexity index is 577. The molecule has 0 radical (unpaired) electrons. The number of rotatable bonds is 4. The summed E-state index contributed by atoms with van der Waals surface area (Å²) in [5.41, 5.74) is 6.58. The van der Waals surface area contributed by atoms with Gasteiger partial charge >= 0.3 is 0 Å². The number of aromatic nitrogens is 2. The molecule has 0 amide bonds. The van der Waals surface area contributed by atoms with Gasteiger partial charge in [-0.05, 0) is 18.1 Å². The number of nitro groups is 1. The quantitative estimate of drug-likeness (QED) is 0.669. The third-order valence-corrected chi connectivity index (χ3v) is 2.78. The van der Waals surface area contributed by atoms with Crippen molar-refractivity contribution in [1.29, 1.82) is 0 Å². The van der Waals surface area contributed by atoms with Gasteiger partial charge in [0, 0.05) is 17.7 Å². The second-order valence-electron chi connectivity index (χ2n) is 4.53. The molecule has 7 nitrogen and oxygen atoms in total. The van der Waals surface area contributed by atoms with Crippen LogP contribution >= 0.6 is 0 Å². The van der Waals surface area contributed by atoms with Crippen molar-refractivity contribution in [3.05, 3.63) is 40.3 Å². The second-order valence-corrected chi connectivity index (χ2v) is 4.53. The first kappa shape index (κ1) is 13.2. The zero-order valence-corrected chi connectivity index (χ0v) is 10.6. The van der Waals surface area contributed by atoms with Gasteiger partial charge in [0.05, 0.1) is 11.0 Å². The van der Waals surface area contributed by atoms with Gasteiger partial charge in [0.15, 0.2) is 0 Å². The van der Waals surface area contributed by atoms with Crippen LogP contribution in [0.5, 0.6) is 0 Å². The monoisotopic (exact) mass is 262 g/mol. The summed E-state index contributed by atoms with van der Waals surface area (Å²) in [5, 5.41) is 14.4. The Hall–Kier alpha value is -2.28. The first-order valence-electron chi connectivity index (χ1n) is 5.83. The fourth-order valence-electron chi connectivity index (χ4n) is 1.51. The highest BCUT2D eigenvalue weighted by Crippen LogP contribution is 2.23. The summed E-state index contributed by atoms with van der Waals surface area (Å²) in [6, 6.07) is 5.63. The zero-order chi connectivity index (χ0) is 14.0. The molecule has 1 aromatic carbocycles. The highest BCUT2D eigenvalue weighted by Gasteiger charge is 2.18. The van der Waals surface area contributed by atoms with Crippen LogP contribution in [0.2, 0.25) is 0 Å².